The van der Waals surface area contributed by atoms with Crippen LogP contribution >= 0.6 is 11.6 Å². The summed E-state index contributed by atoms with van der Waals surface area (Å²) >= 11 is 6.38. The van der Waals surface area contributed by atoms with Gasteiger partial charge in [-0.15, -0.1) is 0 Å². The summed E-state index contributed by atoms with van der Waals surface area (Å²) in [6.07, 6.45) is 5.59. The topological polar surface area (TPSA) is 52.2 Å². The normalized spacial score (nSPS) is 18.1. The second-order valence-electron chi connectivity index (χ2n) is 7.60. The van der Waals surface area contributed by atoms with E-state index in [-0.39, 0.29) is 17.1 Å². The third-order valence-corrected chi connectivity index (χ3v) is 6.20. The molecule has 4 rings (SSSR count). The Labute approximate surface area is 167 Å². The summed E-state index contributed by atoms with van der Waals surface area (Å²) in [5, 5.41) is 0.620. The molecule has 2 aromatic rings. The van der Waals surface area contributed by atoms with Crippen molar-refractivity contribution in [3.05, 3.63) is 49.4 Å². The van der Waals surface area contributed by atoms with Gasteiger partial charge in [0.2, 0.25) is 0 Å². The average molecular weight is 407 g/mol. The molecule has 1 fully saturated rings. The first-order chi connectivity index (χ1) is 13.4. The van der Waals surface area contributed by atoms with Gasteiger partial charge in [-0.25, -0.2) is 9.18 Å². The summed E-state index contributed by atoms with van der Waals surface area (Å²) in [6, 6.07) is 1.90. The van der Waals surface area contributed by atoms with E-state index in [2.05, 4.69) is 4.90 Å². The van der Waals surface area contributed by atoms with Gasteiger partial charge < -0.3 is 9.47 Å². The van der Waals surface area contributed by atoms with E-state index in [0.717, 1.165) is 36.3 Å². The lowest BCUT2D eigenvalue weighted by Crippen LogP contribution is -2.37. The highest BCUT2D eigenvalue weighted by atomic mass is 35.5. The van der Waals surface area contributed by atoms with Crippen molar-refractivity contribution in [1.82, 2.24) is 13.7 Å². The van der Waals surface area contributed by atoms with Crippen molar-refractivity contribution in [3.63, 3.8) is 0 Å². The molecule has 0 N–H and O–H groups in total. The Morgan fingerprint density at radius 2 is 1.79 bits per heavy atom. The van der Waals surface area contributed by atoms with Gasteiger partial charge in [0.1, 0.15) is 17.2 Å². The smallest absolute Gasteiger partial charge is 0.331 e. The van der Waals surface area contributed by atoms with Gasteiger partial charge in [0.05, 0.1) is 12.1 Å². The molecule has 0 bridgehead atoms. The Balaban J connectivity index is 1.96. The van der Waals surface area contributed by atoms with Crippen LogP contribution < -0.4 is 16.1 Å². The van der Waals surface area contributed by atoms with Gasteiger partial charge in [-0.1, -0.05) is 11.6 Å². The largest absolute Gasteiger partial charge is 0.358 e. The number of hydrogen-bond donors (Lipinski definition) is 0. The first-order valence-corrected chi connectivity index (χ1v) is 10.0. The number of fused-ring (bicyclic) bond motifs is 1. The molecule has 0 unspecified atom stereocenters. The highest BCUT2D eigenvalue weighted by Crippen LogP contribution is 2.32. The Morgan fingerprint density at radius 3 is 2.50 bits per heavy atom. The standard InChI is InChI=1S/C20H24ClFN4O2/c1-23-16-11-17(25-8-4-3-5-9-25)26(18(16)19(27)24(2)20(23)28)12-13-10-14(22)6-7-15(13)21/h10-11H,3-9,12H2,1-2H3. The van der Waals surface area contributed by atoms with E-state index in [1.54, 1.807) is 7.05 Å². The van der Waals surface area contributed by atoms with Crippen LogP contribution in [0.1, 0.15) is 32.1 Å². The van der Waals surface area contributed by atoms with E-state index in [4.69, 9.17) is 11.6 Å². The van der Waals surface area contributed by atoms with Crippen LogP contribution in [0.4, 0.5) is 10.2 Å². The van der Waals surface area contributed by atoms with Crippen molar-refractivity contribution in [2.24, 2.45) is 14.1 Å². The van der Waals surface area contributed by atoms with Crippen molar-refractivity contribution in [2.45, 2.75) is 38.6 Å². The molecule has 2 aromatic heterocycles. The number of aryl methyl sites for hydroxylation is 1. The van der Waals surface area contributed by atoms with E-state index in [1.807, 2.05) is 10.6 Å². The van der Waals surface area contributed by atoms with Gasteiger partial charge in [0.15, 0.2) is 0 Å². The quantitative estimate of drug-likeness (QED) is 0.786. The summed E-state index contributed by atoms with van der Waals surface area (Å²) in [5.74, 6) is 0.681. The summed E-state index contributed by atoms with van der Waals surface area (Å²) in [6.45, 7) is 2.08. The molecule has 3 heterocycles. The Bertz CT molecular complexity index is 1120. The van der Waals surface area contributed by atoms with Gasteiger partial charge in [0, 0.05) is 44.7 Å². The van der Waals surface area contributed by atoms with Gasteiger partial charge in [-0.3, -0.25) is 13.9 Å². The maximum Gasteiger partial charge on any atom is 0.331 e. The molecular weight excluding hydrogens is 383 g/mol. The number of anilines is 1. The predicted molar refractivity (Wildman–Crippen MR) is 110 cm³/mol. The van der Waals surface area contributed by atoms with Crippen LogP contribution in [0.5, 0.6) is 0 Å². The number of rotatable bonds is 3. The summed E-state index contributed by atoms with van der Waals surface area (Å²) in [4.78, 5) is 27.6. The zero-order valence-corrected chi connectivity index (χ0v) is 16.9. The van der Waals surface area contributed by atoms with Crippen LogP contribution in [0.15, 0.2) is 38.2 Å². The van der Waals surface area contributed by atoms with Crippen LogP contribution in [0, 0.1) is 0 Å². The van der Waals surface area contributed by atoms with Crippen LogP contribution in [0.3, 0.4) is 0 Å². The lowest BCUT2D eigenvalue weighted by atomic mass is 10.1. The lowest BCUT2D eigenvalue weighted by Gasteiger charge is -2.30. The third kappa shape index (κ3) is 3.11. The van der Waals surface area contributed by atoms with Crippen LogP contribution in [-0.2, 0) is 20.6 Å². The zero-order chi connectivity index (χ0) is 20.0. The second kappa shape index (κ2) is 7.28. The van der Waals surface area contributed by atoms with E-state index >= 15 is 0 Å². The number of piperidine rings is 1. The zero-order valence-electron chi connectivity index (χ0n) is 16.2. The minimum Gasteiger partial charge on any atom is -0.358 e. The molecule has 0 radical (unpaired) electrons. The Kier molecular flexibility index (Phi) is 4.95. The van der Waals surface area contributed by atoms with Crippen LogP contribution in [0.25, 0.3) is 11.0 Å². The SMILES string of the molecule is Cn1c(=O)c2c(cc(N3CCCCC3)n2CC2=C(Cl)CCC(F)=C2)n(C)c1=O. The van der Waals surface area contributed by atoms with E-state index < -0.39 is 0 Å². The van der Waals surface area contributed by atoms with Crippen molar-refractivity contribution < 1.29 is 4.39 Å². The van der Waals surface area contributed by atoms with E-state index in [9.17, 15) is 14.0 Å². The number of aromatic nitrogens is 3. The summed E-state index contributed by atoms with van der Waals surface area (Å²) in [5.41, 5.74) is 1.00. The maximum absolute atomic E-state index is 13.9. The van der Waals surface area contributed by atoms with Crippen LogP contribution in [-0.4, -0.2) is 26.8 Å². The Hall–Kier alpha value is -2.28. The molecule has 1 aliphatic carbocycles. The first kappa shape index (κ1) is 19.1. The second-order valence-corrected chi connectivity index (χ2v) is 8.05. The molecular formula is C20H24ClFN4O2. The molecule has 0 amide bonds. The van der Waals surface area contributed by atoms with Crippen LogP contribution in [0.2, 0.25) is 0 Å². The fourth-order valence-corrected chi connectivity index (χ4v) is 4.36. The molecule has 0 atom stereocenters. The lowest BCUT2D eigenvalue weighted by molar-refractivity contribution is 0.562. The maximum atomic E-state index is 13.9. The molecule has 1 aliphatic heterocycles. The van der Waals surface area contributed by atoms with Crippen molar-refractivity contribution in [1.29, 1.82) is 0 Å². The molecule has 0 spiro atoms. The van der Waals surface area contributed by atoms with Gasteiger partial charge >= 0.3 is 5.69 Å². The fraction of sp³-hybridized carbons (Fsp3) is 0.500. The summed E-state index contributed by atoms with van der Waals surface area (Å²) < 4.78 is 18.4. The molecule has 0 saturated carbocycles. The number of halogens is 2. The average Bonchev–Trinajstić information content (AvgIpc) is 3.07. The molecule has 6 nitrogen and oxygen atoms in total. The van der Waals surface area contributed by atoms with Gasteiger partial charge in [0.25, 0.3) is 5.56 Å². The highest BCUT2D eigenvalue weighted by molar-refractivity contribution is 6.30. The van der Waals surface area contributed by atoms with E-state index in [0.29, 0.717) is 41.0 Å². The number of nitrogens with zero attached hydrogens (tertiary/aromatic N) is 4. The number of hydrogen-bond acceptors (Lipinski definition) is 3. The third-order valence-electron chi connectivity index (χ3n) is 5.77. The minimum absolute atomic E-state index is 0.198. The molecule has 28 heavy (non-hydrogen) atoms. The van der Waals surface area contributed by atoms with Gasteiger partial charge in [-0.2, -0.15) is 0 Å². The number of allylic oxidation sites excluding steroid dienone is 4. The summed E-state index contributed by atoms with van der Waals surface area (Å²) in [7, 11) is 3.15. The van der Waals surface area contributed by atoms with Crippen molar-refractivity contribution >= 4 is 28.5 Å². The first-order valence-electron chi connectivity index (χ1n) is 9.66. The molecule has 0 aromatic carbocycles. The molecule has 8 heteroatoms. The minimum atomic E-state index is -0.360. The van der Waals surface area contributed by atoms with Gasteiger partial charge in [-0.05, 0) is 37.3 Å². The molecule has 2 aliphatic rings. The van der Waals surface area contributed by atoms with Crippen molar-refractivity contribution in [3.8, 4) is 0 Å². The molecule has 150 valence electrons. The fourth-order valence-electron chi connectivity index (χ4n) is 4.15. The van der Waals surface area contributed by atoms with Crippen molar-refractivity contribution in [2.75, 3.05) is 18.0 Å². The highest BCUT2D eigenvalue weighted by Gasteiger charge is 2.23. The predicted octanol–water partition coefficient (Wildman–Crippen LogP) is 3.17. The molecule has 1 saturated heterocycles. The Morgan fingerprint density at radius 1 is 1.07 bits per heavy atom. The van der Waals surface area contributed by atoms with E-state index in [1.165, 1.54) is 24.1 Å². The monoisotopic (exact) mass is 406 g/mol.